The Morgan fingerprint density at radius 1 is 0.950 bits per heavy atom. The molecule has 0 radical (unpaired) electrons. The van der Waals surface area contributed by atoms with Crippen LogP contribution in [-0.2, 0) is 0 Å². The first kappa shape index (κ1) is 13.0. The van der Waals surface area contributed by atoms with Crippen LogP contribution in [0.4, 0.5) is 5.69 Å². The van der Waals surface area contributed by atoms with E-state index in [0.717, 1.165) is 16.5 Å². The minimum Gasteiger partial charge on any atom is -0.398 e. The summed E-state index contributed by atoms with van der Waals surface area (Å²) < 4.78 is 0. The molecule has 0 fully saturated rings. The fourth-order valence-electron chi connectivity index (χ4n) is 2.21. The van der Waals surface area contributed by atoms with Gasteiger partial charge in [-0.25, -0.2) is 0 Å². The Kier molecular flexibility index (Phi) is 3.36. The predicted molar refractivity (Wildman–Crippen MR) is 86.2 cm³/mol. The van der Waals surface area contributed by atoms with Gasteiger partial charge in [0.2, 0.25) is 0 Å². The van der Waals surface area contributed by atoms with Gasteiger partial charge in [0.25, 0.3) is 0 Å². The van der Waals surface area contributed by atoms with Crippen molar-refractivity contribution in [1.29, 1.82) is 0 Å². The largest absolute Gasteiger partial charge is 0.398 e. The number of hydrogen-bond donors (Lipinski definition) is 1. The van der Waals surface area contributed by atoms with Crippen molar-refractivity contribution in [2.24, 2.45) is 0 Å². The number of aromatic nitrogens is 1. The van der Waals surface area contributed by atoms with Crippen LogP contribution in [0.25, 0.3) is 10.8 Å². The molecule has 1 aromatic heterocycles. The van der Waals surface area contributed by atoms with Crippen molar-refractivity contribution in [3.63, 3.8) is 0 Å². The summed E-state index contributed by atoms with van der Waals surface area (Å²) in [6.45, 7) is 4.26. The van der Waals surface area contributed by atoms with Gasteiger partial charge in [0.15, 0.2) is 0 Å². The Morgan fingerprint density at radius 3 is 2.65 bits per heavy atom. The average Bonchev–Trinajstić information content (AvgIpc) is 2.46. The molecule has 3 rings (SSSR count). The molecule has 0 aliphatic rings. The van der Waals surface area contributed by atoms with E-state index in [0.29, 0.717) is 0 Å². The molecule has 2 aromatic carbocycles. The van der Waals surface area contributed by atoms with E-state index in [1.807, 2.05) is 18.3 Å². The van der Waals surface area contributed by atoms with E-state index in [2.05, 4.69) is 43.1 Å². The van der Waals surface area contributed by atoms with Gasteiger partial charge >= 0.3 is 0 Å². The normalized spacial score (nSPS) is 10.9. The van der Waals surface area contributed by atoms with E-state index >= 15 is 0 Å². The quantitative estimate of drug-likeness (QED) is 0.698. The predicted octanol–water partition coefficient (Wildman–Crippen LogP) is 4.59. The molecule has 0 atom stereocenters. The second-order valence-corrected chi connectivity index (χ2v) is 6.03. The van der Waals surface area contributed by atoms with Gasteiger partial charge in [-0.05, 0) is 49.2 Å². The minimum atomic E-state index is 0.799. The van der Waals surface area contributed by atoms with E-state index in [1.54, 1.807) is 18.0 Å². The highest BCUT2D eigenvalue weighted by atomic mass is 32.2. The summed E-state index contributed by atoms with van der Waals surface area (Å²) in [7, 11) is 0. The van der Waals surface area contributed by atoms with Crippen molar-refractivity contribution in [3.05, 3.63) is 59.9 Å². The molecule has 0 amide bonds. The molecule has 0 bridgehead atoms. The van der Waals surface area contributed by atoms with Crippen LogP contribution in [-0.4, -0.2) is 4.98 Å². The van der Waals surface area contributed by atoms with Gasteiger partial charge in [-0.2, -0.15) is 0 Å². The molecule has 0 saturated heterocycles. The molecule has 2 N–H and O–H groups in total. The second kappa shape index (κ2) is 5.17. The van der Waals surface area contributed by atoms with Crippen molar-refractivity contribution < 1.29 is 0 Å². The third-order valence-electron chi connectivity index (χ3n) is 3.38. The summed E-state index contributed by atoms with van der Waals surface area (Å²) in [5.74, 6) is 0. The molecule has 2 nitrogen and oxygen atoms in total. The summed E-state index contributed by atoms with van der Waals surface area (Å²) in [4.78, 5) is 6.70. The molecule has 3 aromatic rings. The molecule has 20 heavy (non-hydrogen) atoms. The van der Waals surface area contributed by atoms with Crippen LogP contribution in [0.2, 0.25) is 0 Å². The molecule has 0 saturated carbocycles. The van der Waals surface area contributed by atoms with Crippen molar-refractivity contribution in [2.45, 2.75) is 23.6 Å². The number of nitrogens with two attached hydrogens (primary N) is 1. The van der Waals surface area contributed by atoms with E-state index in [-0.39, 0.29) is 0 Å². The monoisotopic (exact) mass is 280 g/mol. The van der Waals surface area contributed by atoms with Gasteiger partial charge in [0.05, 0.1) is 0 Å². The molecule has 0 aliphatic heterocycles. The first-order chi connectivity index (χ1) is 9.65. The summed E-state index contributed by atoms with van der Waals surface area (Å²) >= 11 is 1.77. The van der Waals surface area contributed by atoms with Gasteiger partial charge in [-0.3, -0.25) is 4.98 Å². The van der Waals surface area contributed by atoms with Crippen LogP contribution in [0.15, 0.2) is 58.6 Å². The third-order valence-corrected chi connectivity index (χ3v) is 4.61. The Labute approximate surface area is 123 Å². The molecule has 3 heteroatoms. The van der Waals surface area contributed by atoms with Crippen LogP contribution in [0, 0.1) is 13.8 Å². The molecule has 0 aliphatic carbocycles. The lowest BCUT2D eigenvalue weighted by atomic mass is 10.1. The number of aryl methyl sites for hydroxylation is 2. The Balaban J connectivity index is 2.11. The summed E-state index contributed by atoms with van der Waals surface area (Å²) in [5, 5.41) is 2.17. The number of rotatable bonds is 2. The zero-order chi connectivity index (χ0) is 14.1. The molecule has 1 heterocycles. The molecular weight excluding hydrogens is 264 g/mol. The topological polar surface area (TPSA) is 38.9 Å². The first-order valence-corrected chi connectivity index (χ1v) is 7.34. The standard InChI is InChI=1S/C17H16N2S/c1-11-3-4-12(2)17(9-11)20-16-6-5-15(18)13-7-8-19-10-14(13)16/h3-10H,18H2,1-2H3. The minimum absolute atomic E-state index is 0.799. The fraction of sp³-hybridized carbons (Fsp3) is 0.118. The Bertz CT molecular complexity index is 781. The summed E-state index contributed by atoms with van der Waals surface area (Å²) in [6, 6.07) is 12.5. The zero-order valence-electron chi connectivity index (χ0n) is 11.6. The SMILES string of the molecule is Cc1ccc(C)c(Sc2ccc(N)c3ccncc23)c1. The molecule has 0 unspecified atom stereocenters. The van der Waals surface area contributed by atoms with Crippen molar-refractivity contribution in [3.8, 4) is 0 Å². The Morgan fingerprint density at radius 2 is 1.80 bits per heavy atom. The smallest absolute Gasteiger partial charge is 0.0395 e. The third kappa shape index (κ3) is 2.37. The van der Waals surface area contributed by atoms with E-state index in [9.17, 15) is 0 Å². The number of nitrogen functional groups attached to an aromatic ring is 1. The van der Waals surface area contributed by atoms with Crippen LogP contribution < -0.4 is 5.73 Å². The number of benzene rings is 2. The summed E-state index contributed by atoms with van der Waals surface area (Å²) in [6.07, 6.45) is 3.67. The van der Waals surface area contributed by atoms with Crippen LogP contribution in [0.5, 0.6) is 0 Å². The highest BCUT2D eigenvalue weighted by molar-refractivity contribution is 7.99. The molecule has 100 valence electrons. The number of anilines is 1. The van der Waals surface area contributed by atoms with E-state index in [1.165, 1.54) is 20.9 Å². The van der Waals surface area contributed by atoms with E-state index < -0.39 is 0 Å². The van der Waals surface area contributed by atoms with Gasteiger partial charge in [0, 0.05) is 38.6 Å². The summed E-state index contributed by atoms with van der Waals surface area (Å²) in [5.41, 5.74) is 9.39. The van der Waals surface area contributed by atoms with Crippen molar-refractivity contribution >= 4 is 28.2 Å². The fourth-order valence-corrected chi connectivity index (χ4v) is 3.33. The molecular formula is C17H16N2S. The highest BCUT2D eigenvalue weighted by Crippen LogP contribution is 2.36. The Hall–Kier alpha value is -2.00. The van der Waals surface area contributed by atoms with Crippen LogP contribution in [0.1, 0.15) is 11.1 Å². The number of fused-ring (bicyclic) bond motifs is 1. The lowest BCUT2D eigenvalue weighted by Crippen LogP contribution is -1.89. The number of hydrogen-bond acceptors (Lipinski definition) is 3. The van der Waals surface area contributed by atoms with Crippen LogP contribution in [0.3, 0.4) is 0 Å². The highest BCUT2D eigenvalue weighted by Gasteiger charge is 2.07. The lowest BCUT2D eigenvalue weighted by molar-refractivity contribution is 1.26. The average molecular weight is 280 g/mol. The maximum Gasteiger partial charge on any atom is 0.0395 e. The second-order valence-electron chi connectivity index (χ2n) is 4.95. The maximum atomic E-state index is 6.04. The first-order valence-electron chi connectivity index (χ1n) is 6.52. The van der Waals surface area contributed by atoms with Gasteiger partial charge in [-0.15, -0.1) is 0 Å². The van der Waals surface area contributed by atoms with Gasteiger partial charge < -0.3 is 5.73 Å². The molecule has 0 spiro atoms. The van der Waals surface area contributed by atoms with Gasteiger partial charge in [-0.1, -0.05) is 23.9 Å². The van der Waals surface area contributed by atoms with E-state index in [4.69, 9.17) is 5.73 Å². The number of nitrogens with zero attached hydrogens (tertiary/aromatic N) is 1. The van der Waals surface area contributed by atoms with Gasteiger partial charge in [0.1, 0.15) is 0 Å². The van der Waals surface area contributed by atoms with Crippen molar-refractivity contribution in [2.75, 3.05) is 5.73 Å². The van der Waals surface area contributed by atoms with Crippen LogP contribution >= 0.6 is 11.8 Å². The zero-order valence-corrected chi connectivity index (χ0v) is 12.4. The maximum absolute atomic E-state index is 6.04. The lowest BCUT2D eigenvalue weighted by Gasteiger charge is -2.10. The number of pyridine rings is 1. The van der Waals surface area contributed by atoms with Crippen molar-refractivity contribution in [1.82, 2.24) is 4.98 Å².